The molecule has 0 fully saturated rings. The topological polar surface area (TPSA) is 72.2 Å². The summed E-state index contributed by atoms with van der Waals surface area (Å²) in [7, 11) is -3.84. The number of aryl methyl sites for hydroxylation is 1. The summed E-state index contributed by atoms with van der Waals surface area (Å²) >= 11 is 1.77. The van der Waals surface area contributed by atoms with E-state index in [1.807, 2.05) is 6.26 Å². The van der Waals surface area contributed by atoms with Crippen molar-refractivity contribution in [2.75, 3.05) is 24.3 Å². The molecule has 0 bridgehead atoms. The van der Waals surface area contributed by atoms with Gasteiger partial charge in [0.25, 0.3) is 0 Å². The second kappa shape index (κ2) is 7.85. The molecule has 3 N–H and O–H groups in total. The molecule has 7 heteroatoms. The van der Waals surface area contributed by atoms with Crippen LogP contribution in [-0.2, 0) is 10.0 Å². The third-order valence-corrected chi connectivity index (χ3v) is 5.01. The first-order valence-corrected chi connectivity index (χ1v) is 9.30. The molecule has 0 aromatic heterocycles. The standard InChI is InChI=1S/C13H21FN2O2S2/c1-10-8-11(15)9-12(13(10)14)20(17,18)16-6-4-3-5-7-19-2/h8-9,16H,3-7,15H2,1-2H3. The smallest absolute Gasteiger partial charge is 0.243 e. The van der Waals surface area contributed by atoms with Gasteiger partial charge in [-0.2, -0.15) is 11.8 Å². The highest BCUT2D eigenvalue weighted by Crippen LogP contribution is 2.21. The molecule has 0 spiro atoms. The fourth-order valence-electron chi connectivity index (χ4n) is 1.79. The van der Waals surface area contributed by atoms with Gasteiger partial charge in [0, 0.05) is 12.2 Å². The number of sulfonamides is 1. The van der Waals surface area contributed by atoms with Crippen LogP contribution in [0.5, 0.6) is 0 Å². The summed E-state index contributed by atoms with van der Waals surface area (Å²) in [4.78, 5) is -0.376. The number of unbranched alkanes of at least 4 members (excludes halogenated alkanes) is 2. The number of nitrogens with one attached hydrogen (secondary N) is 1. The Kier molecular flexibility index (Phi) is 6.78. The maximum absolute atomic E-state index is 13.9. The van der Waals surface area contributed by atoms with Crippen molar-refractivity contribution in [1.29, 1.82) is 0 Å². The highest BCUT2D eigenvalue weighted by atomic mass is 32.2. The van der Waals surface area contributed by atoms with E-state index in [-0.39, 0.29) is 16.1 Å². The van der Waals surface area contributed by atoms with Crippen LogP contribution in [-0.4, -0.2) is 27.0 Å². The predicted octanol–water partition coefficient (Wildman–Crippen LogP) is 2.53. The quantitative estimate of drug-likeness (QED) is 0.570. The maximum Gasteiger partial charge on any atom is 0.243 e. The first kappa shape index (κ1) is 17.3. The average molecular weight is 320 g/mol. The lowest BCUT2D eigenvalue weighted by Crippen LogP contribution is -2.26. The lowest BCUT2D eigenvalue weighted by atomic mass is 10.2. The van der Waals surface area contributed by atoms with Gasteiger partial charge in [-0.1, -0.05) is 6.42 Å². The van der Waals surface area contributed by atoms with Gasteiger partial charge in [0.2, 0.25) is 10.0 Å². The first-order chi connectivity index (χ1) is 9.38. The Morgan fingerprint density at radius 2 is 2.00 bits per heavy atom. The fourth-order valence-corrected chi connectivity index (χ4v) is 3.54. The van der Waals surface area contributed by atoms with Crippen molar-refractivity contribution in [2.45, 2.75) is 31.1 Å². The zero-order valence-corrected chi connectivity index (χ0v) is 13.4. The highest BCUT2D eigenvalue weighted by Gasteiger charge is 2.20. The van der Waals surface area contributed by atoms with Crippen molar-refractivity contribution in [1.82, 2.24) is 4.72 Å². The molecule has 0 saturated heterocycles. The Labute approximate surface area is 124 Å². The summed E-state index contributed by atoms with van der Waals surface area (Å²) in [6.07, 6.45) is 4.77. The van der Waals surface area contributed by atoms with Crippen LogP contribution in [0.4, 0.5) is 10.1 Å². The Hall–Kier alpha value is -0.790. The van der Waals surface area contributed by atoms with Crippen molar-refractivity contribution in [3.63, 3.8) is 0 Å². The molecule has 20 heavy (non-hydrogen) atoms. The Morgan fingerprint density at radius 3 is 2.65 bits per heavy atom. The van der Waals surface area contributed by atoms with Crippen LogP contribution in [0, 0.1) is 12.7 Å². The van der Waals surface area contributed by atoms with E-state index >= 15 is 0 Å². The summed E-state index contributed by atoms with van der Waals surface area (Å²) in [5.41, 5.74) is 6.04. The minimum atomic E-state index is -3.84. The highest BCUT2D eigenvalue weighted by molar-refractivity contribution is 7.98. The summed E-state index contributed by atoms with van der Waals surface area (Å²) in [6.45, 7) is 1.80. The van der Waals surface area contributed by atoms with Crippen molar-refractivity contribution >= 4 is 27.5 Å². The van der Waals surface area contributed by atoms with E-state index in [2.05, 4.69) is 4.72 Å². The van der Waals surface area contributed by atoms with Crippen LogP contribution in [0.3, 0.4) is 0 Å². The number of hydrogen-bond acceptors (Lipinski definition) is 4. The van der Waals surface area contributed by atoms with Gasteiger partial charge >= 0.3 is 0 Å². The molecule has 0 aliphatic rings. The number of thioether (sulfide) groups is 1. The van der Waals surface area contributed by atoms with Crippen LogP contribution in [0.25, 0.3) is 0 Å². The van der Waals surface area contributed by atoms with Gasteiger partial charge in [-0.05, 0) is 49.5 Å². The van der Waals surface area contributed by atoms with Crippen LogP contribution >= 0.6 is 11.8 Å². The van der Waals surface area contributed by atoms with E-state index in [9.17, 15) is 12.8 Å². The van der Waals surface area contributed by atoms with Crippen molar-refractivity contribution in [3.05, 3.63) is 23.5 Å². The van der Waals surface area contributed by atoms with E-state index < -0.39 is 15.8 Å². The SMILES string of the molecule is CSCCCCCNS(=O)(=O)c1cc(N)cc(C)c1F. The molecule has 114 valence electrons. The van der Waals surface area contributed by atoms with E-state index in [1.54, 1.807) is 11.8 Å². The Morgan fingerprint density at radius 1 is 1.30 bits per heavy atom. The largest absolute Gasteiger partial charge is 0.399 e. The van der Waals surface area contributed by atoms with Gasteiger partial charge in [-0.15, -0.1) is 0 Å². The lowest BCUT2D eigenvalue weighted by molar-refractivity contribution is 0.550. The number of nitrogens with two attached hydrogens (primary N) is 1. The molecular weight excluding hydrogens is 299 g/mol. The summed E-state index contributed by atoms with van der Waals surface area (Å²) in [5, 5.41) is 0. The van der Waals surface area contributed by atoms with Gasteiger partial charge in [0.15, 0.2) is 0 Å². The van der Waals surface area contributed by atoms with E-state index in [1.165, 1.54) is 13.0 Å². The number of benzene rings is 1. The lowest BCUT2D eigenvalue weighted by Gasteiger charge is -2.10. The minimum Gasteiger partial charge on any atom is -0.399 e. The fraction of sp³-hybridized carbons (Fsp3) is 0.538. The monoisotopic (exact) mass is 320 g/mol. The third kappa shape index (κ3) is 4.96. The molecule has 4 nitrogen and oxygen atoms in total. The number of hydrogen-bond donors (Lipinski definition) is 2. The van der Waals surface area contributed by atoms with Crippen molar-refractivity contribution < 1.29 is 12.8 Å². The van der Waals surface area contributed by atoms with E-state index in [0.29, 0.717) is 6.54 Å². The van der Waals surface area contributed by atoms with Gasteiger partial charge in [-0.3, -0.25) is 0 Å². The predicted molar refractivity (Wildman–Crippen MR) is 83.0 cm³/mol. The third-order valence-electron chi connectivity index (χ3n) is 2.85. The molecule has 0 unspecified atom stereocenters. The molecule has 0 amide bonds. The number of halogens is 1. The van der Waals surface area contributed by atoms with Crippen LogP contribution in [0.2, 0.25) is 0 Å². The number of anilines is 1. The summed E-state index contributed by atoms with van der Waals surface area (Å²) in [6, 6.07) is 2.56. The Balaban J connectivity index is 2.65. The summed E-state index contributed by atoms with van der Waals surface area (Å²) in [5.74, 6) is 0.324. The van der Waals surface area contributed by atoms with Gasteiger partial charge in [-0.25, -0.2) is 17.5 Å². The summed E-state index contributed by atoms with van der Waals surface area (Å²) < 4.78 is 40.4. The molecule has 1 aromatic rings. The second-order valence-electron chi connectivity index (χ2n) is 4.60. The van der Waals surface area contributed by atoms with Crippen LogP contribution in [0.15, 0.2) is 17.0 Å². The van der Waals surface area contributed by atoms with E-state index in [4.69, 9.17) is 5.73 Å². The van der Waals surface area contributed by atoms with Gasteiger partial charge < -0.3 is 5.73 Å². The van der Waals surface area contributed by atoms with Crippen LogP contribution in [0.1, 0.15) is 24.8 Å². The molecule has 0 atom stereocenters. The van der Waals surface area contributed by atoms with Crippen molar-refractivity contribution in [3.8, 4) is 0 Å². The zero-order valence-electron chi connectivity index (χ0n) is 11.8. The second-order valence-corrected chi connectivity index (χ2v) is 7.32. The van der Waals surface area contributed by atoms with Gasteiger partial charge in [0.1, 0.15) is 10.7 Å². The Bertz CT molecular complexity index is 548. The maximum atomic E-state index is 13.9. The zero-order chi connectivity index (χ0) is 15.2. The molecule has 0 radical (unpaired) electrons. The molecule has 0 aliphatic heterocycles. The molecule has 0 aliphatic carbocycles. The van der Waals surface area contributed by atoms with Gasteiger partial charge in [0.05, 0.1) is 0 Å². The van der Waals surface area contributed by atoms with E-state index in [0.717, 1.165) is 31.1 Å². The van der Waals surface area contributed by atoms with Crippen LogP contribution < -0.4 is 10.5 Å². The molecular formula is C13H21FN2O2S2. The molecule has 1 rings (SSSR count). The number of rotatable bonds is 8. The minimum absolute atomic E-state index is 0.227. The number of nitrogen functional groups attached to an aromatic ring is 1. The molecule has 1 aromatic carbocycles. The average Bonchev–Trinajstić information content (AvgIpc) is 2.37. The first-order valence-electron chi connectivity index (χ1n) is 6.42. The normalized spacial score (nSPS) is 11.8. The van der Waals surface area contributed by atoms with Crippen molar-refractivity contribution in [2.24, 2.45) is 0 Å². The molecule has 0 heterocycles. The molecule has 0 saturated carbocycles.